The van der Waals surface area contributed by atoms with E-state index in [0.717, 1.165) is 5.56 Å². The zero-order valence-corrected chi connectivity index (χ0v) is 15.4. The van der Waals surface area contributed by atoms with Crippen molar-refractivity contribution in [3.05, 3.63) is 35.7 Å². The van der Waals surface area contributed by atoms with Crippen molar-refractivity contribution in [2.24, 2.45) is 0 Å². The second-order valence-electron chi connectivity index (χ2n) is 5.33. The summed E-state index contributed by atoms with van der Waals surface area (Å²) < 4.78 is 27.9. The number of nitrogens with one attached hydrogen (secondary N) is 1. The maximum absolute atomic E-state index is 12.2. The summed E-state index contributed by atoms with van der Waals surface area (Å²) in [4.78, 5) is 16.1. The van der Waals surface area contributed by atoms with Crippen molar-refractivity contribution in [2.75, 3.05) is 33.1 Å². The van der Waals surface area contributed by atoms with Crippen molar-refractivity contribution >= 4 is 16.7 Å². The lowest BCUT2D eigenvalue weighted by Crippen LogP contribution is -2.31. The van der Waals surface area contributed by atoms with E-state index >= 15 is 0 Å². The van der Waals surface area contributed by atoms with Crippen LogP contribution in [0.15, 0.2) is 28.7 Å². The van der Waals surface area contributed by atoms with E-state index in [-0.39, 0.29) is 17.4 Å². The monoisotopic (exact) mass is 366 g/mol. The molecule has 1 aromatic heterocycles. The SMILES string of the molecule is COCCNC(=O)C[S@@](=O)Cc1nc(-c2cccc(OC)c2)oc1C. The lowest BCUT2D eigenvalue weighted by atomic mass is 10.2. The van der Waals surface area contributed by atoms with Crippen LogP contribution in [0.4, 0.5) is 0 Å². The molecule has 0 bridgehead atoms. The molecule has 2 aromatic rings. The third-order valence-corrected chi connectivity index (χ3v) is 4.61. The van der Waals surface area contributed by atoms with Crippen LogP contribution in [0, 0.1) is 6.92 Å². The van der Waals surface area contributed by atoms with Crippen molar-refractivity contribution in [3.63, 3.8) is 0 Å². The van der Waals surface area contributed by atoms with Gasteiger partial charge in [-0.15, -0.1) is 0 Å². The van der Waals surface area contributed by atoms with Crippen LogP contribution in [0.2, 0.25) is 0 Å². The second kappa shape index (κ2) is 9.33. The molecule has 8 heteroatoms. The van der Waals surface area contributed by atoms with Gasteiger partial charge in [0, 0.05) is 30.0 Å². The number of aromatic nitrogens is 1. The van der Waals surface area contributed by atoms with Crippen molar-refractivity contribution in [1.29, 1.82) is 0 Å². The minimum Gasteiger partial charge on any atom is -0.497 e. The predicted octanol–water partition coefficient (Wildman–Crippen LogP) is 1.67. The molecule has 1 atom stereocenters. The van der Waals surface area contributed by atoms with Gasteiger partial charge in [-0.05, 0) is 25.1 Å². The summed E-state index contributed by atoms with van der Waals surface area (Å²) in [5.41, 5.74) is 1.36. The van der Waals surface area contributed by atoms with E-state index < -0.39 is 10.8 Å². The first kappa shape index (κ1) is 19.1. The van der Waals surface area contributed by atoms with Gasteiger partial charge in [0.25, 0.3) is 0 Å². The molecule has 0 aliphatic heterocycles. The van der Waals surface area contributed by atoms with Gasteiger partial charge < -0.3 is 19.2 Å². The zero-order chi connectivity index (χ0) is 18.2. The van der Waals surface area contributed by atoms with Gasteiger partial charge in [0.1, 0.15) is 17.3 Å². The summed E-state index contributed by atoms with van der Waals surface area (Å²) in [5, 5.41) is 2.64. The Kier molecular flexibility index (Phi) is 7.15. The number of aryl methyl sites for hydroxylation is 1. The fourth-order valence-electron chi connectivity index (χ4n) is 2.13. The molecule has 0 radical (unpaired) electrons. The van der Waals surface area contributed by atoms with E-state index in [0.29, 0.717) is 36.2 Å². The van der Waals surface area contributed by atoms with Crippen LogP contribution in [0.25, 0.3) is 11.5 Å². The van der Waals surface area contributed by atoms with Gasteiger partial charge in [0.2, 0.25) is 11.8 Å². The average Bonchev–Trinajstić information content (AvgIpc) is 2.95. The van der Waals surface area contributed by atoms with Crippen LogP contribution in [0.1, 0.15) is 11.5 Å². The second-order valence-corrected chi connectivity index (χ2v) is 6.78. The number of hydrogen-bond acceptors (Lipinski definition) is 6. The summed E-state index contributed by atoms with van der Waals surface area (Å²) in [6, 6.07) is 7.35. The molecule has 1 aromatic carbocycles. The van der Waals surface area contributed by atoms with Crippen molar-refractivity contribution in [3.8, 4) is 17.2 Å². The summed E-state index contributed by atoms with van der Waals surface area (Å²) in [7, 11) is 1.78. The minimum absolute atomic E-state index is 0.0789. The Morgan fingerprint density at radius 3 is 2.88 bits per heavy atom. The van der Waals surface area contributed by atoms with E-state index in [4.69, 9.17) is 13.9 Å². The quantitative estimate of drug-likeness (QED) is 0.679. The van der Waals surface area contributed by atoms with Crippen LogP contribution in [0.3, 0.4) is 0 Å². The third kappa shape index (κ3) is 5.68. The van der Waals surface area contributed by atoms with Gasteiger partial charge in [-0.25, -0.2) is 4.98 Å². The normalized spacial score (nSPS) is 12.0. The molecule has 0 unspecified atom stereocenters. The highest BCUT2D eigenvalue weighted by atomic mass is 32.2. The number of oxazole rings is 1. The molecule has 136 valence electrons. The van der Waals surface area contributed by atoms with Crippen LogP contribution >= 0.6 is 0 Å². The fraction of sp³-hybridized carbons (Fsp3) is 0.412. The molecule has 25 heavy (non-hydrogen) atoms. The Labute approximate surface area is 149 Å². The fourth-order valence-corrected chi connectivity index (χ4v) is 3.20. The lowest BCUT2D eigenvalue weighted by Gasteiger charge is -2.04. The summed E-state index contributed by atoms with van der Waals surface area (Å²) in [6.07, 6.45) is 0. The number of amides is 1. The van der Waals surface area contributed by atoms with Gasteiger partial charge in [-0.3, -0.25) is 9.00 Å². The van der Waals surface area contributed by atoms with E-state index in [1.807, 2.05) is 24.3 Å². The van der Waals surface area contributed by atoms with Gasteiger partial charge in [0.05, 0.1) is 25.2 Å². The van der Waals surface area contributed by atoms with Crippen molar-refractivity contribution in [1.82, 2.24) is 10.3 Å². The lowest BCUT2D eigenvalue weighted by molar-refractivity contribution is -0.118. The molecule has 0 aliphatic carbocycles. The highest BCUT2D eigenvalue weighted by Gasteiger charge is 2.16. The van der Waals surface area contributed by atoms with E-state index in [1.54, 1.807) is 21.1 Å². The Bertz CT molecular complexity index is 744. The molecule has 1 amide bonds. The number of carbonyl (C=O) groups is 1. The number of nitrogens with zero attached hydrogens (tertiary/aromatic N) is 1. The Morgan fingerprint density at radius 2 is 2.16 bits per heavy atom. The molecule has 0 saturated carbocycles. The van der Waals surface area contributed by atoms with E-state index in [1.165, 1.54) is 0 Å². The molecule has 7 nitrogen and oxygen atoms in total. The molecule has 0 aliphatic rings. The number of methoxy groups -OCH3 is 2. The standard InChI is InChI=1S/C17H22N2O5S/c1-12-15(10-25(21)11-16(20)18-7-8-22-2)19-17(24-12)13-5-4-6-14(9-13)23-3/h4-6,9H,7-8,10-11H2,1-3H3,(H,18,20)/t25-/m0/s1. The largest absolute Gasteiger partial charge is 0.497 e. The molecule has 1 N–H and O–H groups in total. The third-order valence-electron chi connectivity index (χ3n) is 3.43. The number of hydrogen-bond donors (Lipinski definition) is 1. The van der Waals surface area contributed by atoms with Crippen molar-refractivity contribution < 1.29 is 22.9 Å². The van der Waals surface area contributed by atoms with Crippen LogP contribution in [-0.4, -0.2) is 48.2 Å². The highest BCUT2D eigenvalue weighted by molar-refractivity contribution is 7.84. The highest BCUT2D eigenvalue weighted by Crippen LogP contribution is 2.25. The number of carbonyl (C=O) groups excluding carboxylic acids is 1. The van der Waals surface area contributed by atoms with Gasteiger partial charge in [0.15, 0.2) is 0 Å². The first-order valence-electron chi connectivity index (χ1n) is 7.74. The van der Waals surface area contributed by atoms with E-state index in [9.17, 15) is 9.00 Å². The number of benzene rings is 1. The average molecular weight is 366 g/mol. The van der Waals surface area contributed by atoms with Crippen LogP contribution < -0.4 is 10.1 Å². The molecule has 1 heterocycles. The molecular weight excluding hydrogens is 344 g/mol. The minimum atomic E-state index is -1.37. The topological polar surface area (TPSA) is 90.7 Å². The number of ether oxygens (including phenoxy) is 2. The summed E-state index contributed by atoms with van der Waals surface area (Å²) in [5.74, 6) is 1.54. The summed E-state index contributed by atoms with van der Waals surface area (Å²) >= 11 is 0. The predicted molar refractivity (Wildman–Crippen MR) is 94.8 cm³/mol. The maximum Gasteiger partial charge on any atom is 0.232 e. The molecule has 2 rings (SSSR count). The molecule has 0 spiro atoms. The Hall–Kier alpha value is -2.19. The first-order valence-corrected chi connectivity index (χ1v) is 9.23. The maximum atomic E-state index is 12.2. The summed E-state index contributed by atoms with van der Waals surface area (Å²) in [6.45, 7) is 2.59. The van der Waals surface area contributed by atoms with E-state index in [2.05, 4.69) is 10.3 Å². The van der Waals surface area contributed by atoms with Gasteiger partial charge in [-0.1, -0.05) is 6.07 Å². The smallest absolute Gasteiger partial charge is 0.232 e. The Morgan fingerprint density at radius 1 is 1.36 bits per heavy atom. The molecule has 0 saturated heterocycles. The van der Waals surface area contributed by atoms with Gasteiger partial charge >= 0.3 is 0 Å². The van der Waals surface area contributed by atoms with Crippen LogP contribution in [0.5, 0.6) is 5.75 Å². The molecular formula is C17H22N2O5S. The van der Waals surface area contributed by atoms with Crippen LogP contribution in [-0.2, 0) is 26.1 Å². The first-order chi connectivity index (χ1) is 12.0. The van der Waals surface area contributed by atoms with Gasteiger partial charge in [-0.2, -0.15) is 0 Å². The zero-order valence-electron chi connectivity index (χ0n) is 14.5. The molecule has 0 fully saturated rings. The number of rotatable bonds is 9. The van der Waals surface area contributed by atoms with Crippen molar-refractivity contribution in [2.45, 2.75) is 12.7 Å². The Balaban J connectivity index is 2.00.